The van der Waals surface area contributed by atoms with Crippen LogP contribution in [0, 0.1) is 12.7 Å². The van der Waals surface area contributed by atoms with E-state index in [9.17, 15) is 22.4 Å². The van der Waals surface area contributed by atoms with Crippen molar-refractivity contribution in [2.75, 3.05) is 17.4 Å². The third-order valence-corrected chi connectivity index (χ3v) is 8.19. The van der Waals surface area contributed by atoms with Gasteiger partial charge in [-0.1, -0.05) is 54.4 Å². The Labute approximate surface area is 228 Å². The van der Waals surface area contributed by atoms with E-state index in [0.717, 1.165) is 22.0 Å². The van der Waals surface area contributed by atoms with Crippen molar-refractivity contribution in [1.29, 1.82) is 0 Å². The molecule has 3 aromatic rings. The Balaban J connectivity index is 2.06. The number of carbonyl (C=O) groups is 2. The SMILES string of the molecule is CCNC(=O)C(CC)N(Cc1ccccc1Cl)C(=O)CN(c1ccc(F)cc1)S(=O)(=O)c1ccc(C)cc1. The van der Waals surface area contributed by atoms with Crippen molar-refractivity contribution in [3.05, 3.63) is 94.8 Å². The number of hydrogen-bond donors (Lipinski definition) is 1. The van der Waals surface area contributed by atoms with Gasteiger partial charge >= 0.3 is 0 Å². The van der Waals surface area contributed by atoms with Crippen LogP contribution >= 0.6 is 11.6 Å². The van der Waals surface area contributed by atoms with Gasteiger partial charge in [0, 0.05) is 18.1 Å². The lowest BCUT2D eigenvalue weighted by Gasteiger charge is -2.33. The van der Waals surface area contributed by atoms with Gasteiger partial charge in [-0.05, 0) is 68.3 Å². The largest absolute Gasteiger partial charge is 0.355 e. The van der Waals surface area contributed by atoms with Gasteiger partial charge in [0.05, 0.1) is 10.6 Å². The molecule has 7 nitrogen and oxygen atoms in total. The average Bonchev–Trinajstić information content (AvgIpc) is 2.89. The Hall–Kier alpha value is -3.43. The molecule has 2 amide bonds. The molecule has 1 unspecified atom stereocenters. The average molecular weight is 560 g/mol. The quantitative estimate of drug-likeness (QED) is 0.361. The van der Waals surface area contributed by atoms with Crippen LogP contribution in [0.2, 0.25) is 5.02 Å². The summed E-state index contributed by atoms with van der Waals surface area (Å²) in [5.74, 6) is -1.51. The summed E-state index contributed by atoms with van der Waals surface area (Å²) in [5, 5.41) is 3.16. The van der Waals surface area contributed by atoms with Crippen molar-refractivity contribution in [3.63, 3.8) is 0 Å². The molecule has 202 valence electrons. The first kappa shape index (κ1) is 29.1. The third kappa shape index (κ3) is 6.90. The number of nitrogens with zero attached hydrogens (tertiary/aromatic N) is 2. The number of carbonyl (C=O) groups excluding carboxylic acids is 2. The van der Waals surface area contributed by atoms with E-state index in [2.05, 4.69) is 5.32 Å². The summed E-state index contributed by atoms with van der Waals surface area (Å²) in [6.07, 6.45) is 0.295. The summed E-state index contributed by atoms with van der Waals surface area (Å²) in [7, 11) is -4.22. The van der Waals surface area contributed by atoms with Crippen molar-refractivity contribution in [1.82, 2.24) is 10.2 Å². The molecule has 0 bridgehead atoms. The normalized spacial score (nSPS) is 12.0. The number of benzene rings is 3. The highest BCUT2D eigenvalue weighted by Gasteiger charge is 2.33. The lowest BCUT2D eigenvalue weighted by molar-refractivity contribution is -0.140. The van der Waals surface area contributed by atoms with Gasteiger partial charge in [-0.2, -0.15) is 0 Å². The van der Waals surface area contributed by atoms with Crippen molar-refractivity contribution >= 4 is 39.1 Å². The number of nitrogens with one attached hydrogen (secondary N) is 1. The molecule has 0 aliphatic heterocycles. The summed E-state index contributed by atoms with van der Waals surface area (Å²) in [6.45, 7) is 5.13. The zero-order valence-electron chi connectivity index (χ0n) is 21.5. The maximum atomic E-state index is 13.9. The molecule has 0 spiro atoms. The summed E-state index contributed by atoms with van der Waals surface area (Å²) >= 11 is 6.36. The molecular formula is C28H31ClFN3O4S. The Bertz CT molecular complexity index is 1370. The second-order valence-corrected chi connectivity index (χ2v) is 11.0. The molecule has 0 radical (unpaired) electrons. The molecule has 1 N–H and O–H groups in total. The fourth-order valence-electron chi connectivity index (χ4n) is 4.00. The van der Waals surface area contributed by atoms with Crippen LogP contribution in [0.4, 0.5) is 10.1 Å². The van der Waals surface area contributed by atoms with Crippen molar-refractivity contribution in [2.24, 2.45) is 0 Å². The number of hydrogen-bond acceptors (Lipinski definition) is 4. The molecule has 0 aliphatic carbocycles. The molecule has 0 aromatic heterocycles. The molecule has 3 rings (SSSR count). The van der Waals surface area contributed by atoms with Crippen LogP contribution in [0.5, 0.6) is 0 Å². The molecular weight excluding hydrogens is 529 g/mol. The first-order valence-corrected chi connectivity index (χ1v) is 14.1. The van der Waals surface area contributed by atoms with Gasteiger partial charge in [0.1, 0.15) is 18.4 Å². The van der Waals surface area contributed by atoms with E-state index in [0.29, 0.717) is 23.6 Å². The van der Waals surface area contributed by atoms with Crippen LogP contribution in [0.25, 0.3) is 0 Å². The van der Waals surface area contributed by atoms with E-state index in [1.807, 2.05) is 6.92 Å². The zero-order valence-corrected chi connectivity index (χ0v) is 23.1. The monoisotopic (exact) mass is 559 g/mol. The zero-order chi connectivity index (χ0) is 27.9. The first-order valence-electron chi connectivity index (χ1n) is 12.2. The number of anilines is 1. The van der Waals surface area contributed by atoms with E-state index < -0.39 is 34.3 Å². The molecule has 10 heteroatoms. The van der Waals surface area contributed by atoms with Crippen molar-refractivity contribution in [3.8, 4) is 0 Å². The van der Waals surface area contributed by atoms with Crippen LogP contribution in [0.3, 0.4) is 0 Å². The highest BCUT2D eigenvalue weighted by atomic mass is 35.5. The Morgan fingerprint density at radius 3 is 2.18 bits per heavy atom. The summed E-state index contributed by atoms with van der Waals surface area (Å²) in [6, 6.07) is 17.2. The van der Waals surface area contributed by atoms with Crippen LogP contribution < -0.4 is 9.62 Å². The summed E-state index contributed by atoms with van der Waals surface area (Å²) in [5.41, 5.74) is 1.59. The molecule has 0 heterocycles. The van der Waals surface area contributed by atoms with Gasteiger partial charge in [-0.3, -0.25) is 13.9 Å². The van der Waals surface area contributed by atoms with E-state index in [1.165, 1.54) is 29.2 Å². The fraction of sp³-hybridized carbons (Fsp3) is 0.286. The maximum Gasteiger partial charge on any atom is 0.264 e. The standard InChI is InChI=1S/C28H31ClFN3O4S/c1-4-26(28(35)31-5-2)32(18-21-8-6-7-9-25(21)29)27(34)19-33(23-14-12-22(30)13-15-23)38(36,37)24-16-10-20(3)11-17-24/h6-17,26H,4-5,18-19H2,1-3H3,(H,31,35). The Morgan fingerprint density at radius 1 is 0.974 bits per heavy atom. The summed E-state index contributed by atoms with van der Waals surface area (Å²) in [4.78, 5) is 28.1. The number of aryl methyl sites for hydroxylation is 1. The Kier molecular flexibility index (Phi) is 9.88. The van der Waals surface area contributed by atoms with Crippen molar-refractivity contribution < 1.29 is 22.4 Å². The van der Waals surface area contributed by atoms with Crippen LogP contribution in [-0.2, 0) is 26.2 Å². The second-order valence-electron chi connectivity index (χ2n) is 8.73. The molecule has 3 aromatic carbocycles. The topological polar surface area (TPSA) is 86.8 Å². The molecule has 0 aliphatic rings. The van der Waals surface area contributed by atoms with Gasteiger partial charge in [0.25, 0.3) is 10.0 Å². The maximum absolute atomic E-state index is 13.9. The van der Waals surface area contributed by atoms with Crippen molar-refractivity contribution in [2.45, 2.75) is 44.7 Å². The predicted molar refractivity (Wildman–Crippen MR) is 147 cm³/mol. The minimum Gasteiger partial charge on any atom is -0.355 e. The summed E-state index contributed by atoms with van der Waals surface area (Å²) < 4.78 is 42.1. The molecule has 1 atom stereocenters. The second kappa shape index (κ2) is 12.9. The van der Waals surface area contributed by atoms with E-state index in [4.69, 9.17) is 11.6 Å². The number of amides is 2. The van der Waals surface area contributed by atoms with E-state index in [1.54, 1.807) is 50.2 Å². The smallest absolute Gasteiger partial charge is 0.264 e. The molecule has 38 heavy (non-hydrogen) atoms. The van der Waals surface area contributed by atoms with Crippen LogP contribution in [0.1, 0.15) is 31.4 Å². The van der Waals surface area contributed by atoms with Gasteiger partial charge in [0.15, 0.2) is 0 Å². The number of likely N-dealkylation sites (N-methyl/N-ethyl adjacent to an activating group) is 1. The highest BCUT2D eigenvalue weighted by molar-refractivity contribution is 7.92. The number of halogens is 2. The van der Waals surface area contributed by atoms with Gasteiger partial charge < -0.3 is 10.2 Å². The minimum absolute atomic E-state index is 0.00398. The van der Waals surface area contributed by atoms with E-state index in [-0.39, 0.29) is 23.0 Å². The highest BCUT2D eigenvalue weighted by Crippen LogP contribution is 2.26. The predicted octanol–water partition coefficient (Wildman–Crippen LogP) is 4.93. The minimum atomic E-state index is -4.22. The molecule has 0 saturated heterocycles. The van der Waals surface area contributed by atoms with Crippen LogP contribution in [-0.4, -0.2) is 44.3 Å². The fourth-order valence-corrected chi connectivity index (χ4v) is 5.60. The third-order valence-electron chi connectivity index (χ3n) is 6.04. The lowest BCUT2D eigenvalue weighted by atomic mass is 10.1. The number of sulfonamides is 1. The lowest BCUT2D eigenvalue weighted by Crippen LogP contribution is -2.52. The van der Waals surface area contributed by atoms with Gasteiger partial charge in [-0.15, -0.1) is 0 Å². The van der Waals surface area contributed by atoms with Gasteiger partial charge in [0.2, 0.25) is 11.8 Å². The molecule has 0 fully saturated rings. The Morgan fingerprint density at radius 2 is 1.61 bits per heavy atom. The number of rotatable bonds is 11. The molecule has 0 saturated carbocycles. The van der Waals surface area contributed by atoms with Crippen LogP contribution in [0.15, 0.2) is 77.7 Å². The van der Waals surface area contributed by atoms with E-state index >= 15 is 0 Å². The first-order chi connectivity index (χ1) is 18.1. The van der Waals surface area contributed by atoms with Gasteiger partial charge in [-0.25, -0.2) is 12.8 Å².